The van der Waals surface area contributed by atoms with Crippen molar-refractivity contribution in [2.45, 2.75) is 25.3 Å². The number of para-hydroxylation sites is 1. The van der Waals surface area contributed by atoms with Gasteiger partial charge in [-0.3, -0.25) is 9.59 Å². The number of likely N-dealkylation sites (tertiary alicyclic amines) is 1. The highest BCUT2D eigenvalue weighted by atomic mass is 32.1. The van der Waals surface area contributed by atoms with Crippen LogP contribution in [-0.2, 0) is 11.2 Å². The topological polar surface area (TPSA) is 65.2 Å². The highest BCUT2D eigenvalue weighted by Crippen LogP contribution is 2.19. The molecule has 4 rings (SSSR count). The van der Waals surface area contributed by atoms with Gasteiger partial charge < -0.3 is 15.2 Å². The summed E-state index contributed by atoms with van der Waals surface area (Å²) in [5, 5.41) is 6.15. The number of carbonyl (C=O) groups is 2. The molecule has 2 aromatic heterocycles. The van der Waals surface area contributed by atoms with Gasteiger partial charge in [0.25, 0.3) is 5.91 Å². The summed E-state index contributed by atoms with van der Waals surface area (Å²) in [6.07, 6.45) is 3.89. The van der Waals surface area contributed by atoms with Crippen molar-refractivity contribution in [3.8, 4) is 0 Å². The van der Waals surface area contributed by atoms with Gasteiger partial charge in [-0.05, 0) is 35.9 Å². The average Bonchev–Trinajstić information content (AvgIpc) is 3.32. The second-order valence-electron chi connectivity index (χ2n) is 6.65. The highest BCUT2D eigenvalue weighted by Gasteiger charge is 2.25. The Balaban J connectivity index is 1.30. The molecular formula is C20H21N3O2S. The van der Waals surface area contributed by atoms with E-state index in [0.29, 0.717) is 19.5 Å². The fourth-order valence-electron chi connectivity index (χ4n) is 3.51. The molecule has 1 fully saturated rings. The lowest BCUT2D eigenvalue weighted by Crippen LogP contribution is -2.46. The number of H-pyrrole nitrogens is 1. The number of amides is 2. The van der Waals surface area contributed by atoms with Crippen molar-refractivity contribution in [3.05, 3.63) is 58.4 Å². The van der Waals surface area contributed by atoms with Crippen molar-refractivity contribution in [1.82, 2.24) is 15.2 Å². The number of aromatic amines is 1. The van der Waals surface area contributed by atoms with E-state index in [-0.39, 0.29) is 17.9 Å². The first-order valence-electron chi connectivity index (χ1n) is 8.88. The Morgan fingerprint density at radius 2 is 1.96 bits per heavy atom. The molecule has 134 valence electrons. The number of piperidine rings is 1. The Morgan fingerprint density at radius 1 is 1.15 bits per heavy atom. The number of benzene rings is 1. The summed E-state index contributed by atoms with van der Waals surface area (Å²) in [5.74, 6) is 0.140. The second kappa shape index (κ2) is 7.33. The van der Waals surface area contributed by atoms with Crippen LogP contribution in [0.3, 0.4) is 0 Å². The largest absolute Gasteiger partial charge is 0.361 e. The average molecular weight is 367 g/mol. The minimum absolute atomic E-state index is 0.0396. The fraction of sp³-hybridized carbons (Fsp3) is 0.300. The molecule has 1 aromatic carbocycles. The van der Waals surface area contributed by atoms with Crippen LogP contribution in [0.15, 0.2) is 48.0 Å². The lowest BCUT2D eigenvalue weighted by Gasteiger charge is -2.32. The molecule has 0 bridgehead atoms. The number of aromatic nitrogens is 1. The monoisotopic (exact) mass is 367 g/mol. The molecule has 6 heteroatoms. The molecule has 0 radical (unpaired) electrons. The number of rotatable bonds is 4. The van der Waals surface area contributed by atoms with Gasteiger partial charge in [-0.2, -0.15) is 0 Å². The van der Waals surface area contributed by atoms with E-state index in [0.717, 1.165) is 34.2 Å². The van der Waals surface area contributed by atoms with Crippen molar-refractivity contribution < 1.29 is 9.59 Å². The van der Waals surface area contributed by atoms with Crippen LogP contribution in [-0.4, -0.2) is 40.8 Å². The molecule has 0 aliphatic carbocycles. The standard InChI is InChI=1S/C20H21N3O2S/c24-19(12-14-13-21-17-5-2-1-4-16(14)17)22-15-7-9-23(10-8-15)20(25)18-6-3-11-26-18/h1-6,11,13,15,21H,7-10,12H2,(H,22,24). The van der Waals surface area contributed by atoms with Gasteiger partial charge in [0.05, 0.1) is 11.3 Å². The Hall–Kier alpha value is -2.60. The van der Waals surface area contributed by atoms with Gasteiger partial charge in [0.1, 0.15) is 0 Å². The van der Waals surface area contributed by atoms with E-state index in [1.165, 1.54) is 11.3 Å². The molecule has 0 spiro atoms. The van der Waals surface area contributed by atoms with Crippen molar-refractivity contribution >= 4 is 34.1 Å². The molecule has 1 aliphatic heterocycles. The number of hydrogen-bond acceptors (Lipinski definition) is 3. The van der Waals surface area contributed by atoms with Crippen LogP contribution in [0.25, 0.3) is 10.9 Å². The van der Waals surface area contributed by atoms with Crippen molar-refractivity contribution in [3.63, 3.8) is 0 Å². The Labute approximate surface area is 156 Å². The Bertz CT molecular complexity index is 908. The molecule has 0 unspecified atom stereocenters. The molecule has 0 saturated carbocycles. The van der Waals surface area contributed by atoms with Crippen LogP contribution in [0.4, 0.5) is 0 Å². The van der Waals surface area contributed by atoms with Gasteiger partial charge in [-0.25, -0.2) is 0 Å². The van der Waals surface area contributed by atoms with E-state index in [1.54, 1.807) is 0 Å². The van der Waals surface area contributed by atoms with Crippen LogP contribution >= 0.6 is 11.3 Å². The third-order valence-corrected chi connectivity index (χ3v) is 5.76. The van der Waals surface area contributed by atoms with Gasteiger partial charge in [-0.15, -0.1) is 11.3 Å². The zero-order valence-corrected chi connectivity index (χ0v) is 15.2. The molecular weight excluding hydrogens is 346 g/mol. The number of carbonyl (C=O) groups excluding carboxylic acids is 2. The van der Waals surface area contributed by atoms with Crippen molar-refractivity contribution in [2.75, 3.05) is 13.1 Å². The van der Waals surface area contributed by atoms with E-state index >= 15 is 0 Å². The van der Waals surface area contributed by atoms with Crippen LogP contribution in [0, 0.1) is 0 Å². The minimum atomic E-state index is 0.0396. The maximum atomic E-state index is 12.4. The summed E-state index contributed by atoms with van der Waals surface area (Å²) in [4.78, 5) is 30.7. The molecule has 0 atom stereocenters. The molecule has 3 aromatic rings. The third-order valence-electron chi connectivity index (χ3n) is 4.91. The predicted molar refractivity (Wildman–Crippen MR) is 103 cm³/mol. The normalized spacial score (nSPS) is 15.3. The number of thiophene rings is 1. The summed E-state index contributed by atoms with van der Waals surface area (Å²) in [6.45, 7) is 1.38. The first-order valence-corrected chi connectivity index (χ1v) is 9.76. The highest BCUT2D eigenvalue weighted by molar-refractivity contribution is 7.12. The van der Waals surface area contributed by atoms with Crippen LogP contribution in [0.5, 0.6) is 0 Å². The number of hydrogen-bond donors (Lipinski definition) is 2. The molecule has 1 saturated heterocycles. The molecule has 3 heterocycles. The van der Waals surface area contributed by atoms with E-state index in [1.807, 2.05) is 52.9 Å². The van der Waals surface area contributed by atoms with Gasteiger partial charge in [0, 0.05) is 36.2 Å². The zero-order valence-electron chi connectivity index (χ0n) is 14.4. The van der Waals surface area contributed by atoms with E-state index in [2.05, 4.69) is 10.3 Å². The smallest absolute Gasteiger partial charge is 0.263 e. The first kappa shape index (κ1) is 16.8. The summed E-state index contributed by atoms with van der Waals surface area (Å²) < 4.78 is 0. The van der Waals surface area contributed by atoms with Gasteiger partial charge in [0.15, 0.2) is 0 Å². The maximum absolute atomic E-state index is 12.4. The van der Waals surface area contributed by atoms with E-state index in [4.69, 9.17) is 0 Å². The Kier molecular flexibility index (Phi) is 4.75. The summed E-state index contributed by atoms with van der Waals surface area (Å²) in [5.41, 5.74) is 2.07. The summed E-state index contributed by atoms with van der Waals surface area (Å²) >= 11 is 1.48. The third kappa shape index (κ3) is 3.51. The Morgan fingerprint density at radius 3 is 2.73 bits per heavy atom. The molecule has 5 nitrogen and oxygen atoms in total. The molecule has 2 amide bonds. The quantitative estimate of drug-likeness (QED) is 0.744. The SMILES string of the molecule is O=C(Cc1c[nH]c2ccccc12)NC1CCN(C(=O)c2cccs2)CC1. The number of nitrogens with zero attached hydrogens (tertiary/aromatic N) is 1. The molecule has 1 aliphatic rings. The fourth-order valence-corrected chi connectivity index (χ4v) is 4.20. The first-order chi connectivity index (χ1) is 12.7. The predicted octanol–water partition coefficient (Wildman–Crippen LogP) is 3.19. The van der Waals surface area contributed by atoms with Crippen molar-refractivity contribution in [2.24, 2.45) is 0 Å². The second-order valence-corrected chi connectivity index (χ2v) is 7.60. The van der Waals surface area contributed by atoms with E-state index < -0.39 is 0 Å². The lowest BCUT2D eigenvalue weighted by atomic mass is 10.0. The summed E-state index contributed by atoms with van der Waals surface area (Å²) in [7, 11) is 0. The van der Waals surface area contributed by atoms with Gasteiger partial charge in [0.2, 0.25) is 5.91 Å². The molecule has 2 N–H and O–H groups in total. The molecule has 26 heavy (non-hydrogen) atoms. The van der Waals surface area contributed by atoms with Crippen molar-refractivity contribution in [1.29, 1.82) is 0 Å². The van der Waals surface area contributed by atoms with Gasteiger partial charge in [-0.1, -0.05) is 24.3 Å². The maximum Gasteiger partial charge on any atom is 0.263 e. The zero-order chi connectivity index (χ0) is 17.9. The lowest BCUT2D eigenvalue weighted by molar-refractivity contribution is -0.121. The number of nitrogens with one attached hydrogen (secondary N) is 2. The van der Waals surface area contributed by atoms with E-state index in [9.17, 15) is 9.59 Å². The van der Waals surface area contributed by atoms with Gasteiger partial charge >= 0.3 is 0 Å². The summed E-state index contributed by atoms with van der Waals surface area (Å²) in [6, 6.07) is 11.9. The van der Waals surface area contributed by atoms with Crippen LogP contribution < -0.4 is 5.32 Å². The van der Waals surface area contributed by atoms with Crippen LogP contribution in [0.2, 0.25) is 0 Å². The van der Waals surface area contributed by atoms with Crippen LogP contribution in [0.1, 0.15) is 28.1 Å². The minimum Gasteiger partial charge on any atom is -0.361 e. The number of fused-ring (bicyclic) bond motifs is 1.